The Morgan fingerprint density at radius 1 is 1.16 bits per heavy atom. The number of carbonyl (C=O) groups is 1. The molecule has 0 unspecified atom stereocenters. The van der Waals surface area contributed by atoms with E-state index in [4.69, 9.17) is 16.7 Å². The van der Waals surface area contributed by atoms with Crippen LogP contribution in [0.5, 0.6) is 0 Å². The highest BCUT2D eigenvalue weighted by molar-refractivity contribution is 7.92. The van der Waals surface area contributed by atoms with Crippen LogP contribution in [-0.2, 0) is 10.0 Å². The monoisotopic (exact) mass is 461 g/mol. The number of sulfonamides is 1. The van der Waals surface area contributed by atoms with Crippen LogP contribution < -0.4 is 15.4 Å². The summed E-state index contributed by atoms with van der Waals surface area (Å²) in [6.45, 7) is 1.63. The molecule has 0 atom stereocenters. The van der Waals surface area contributed by atoms with Crippen molar-refractivity contribution >= 4 is 50.5 Å². The molecule has 13 heteroatoms. The van der Waals surface area contributed by atoms with E-state index < -0.39 is 20.9 Å². The second-order valence-electron chi connectivity index (χ2n) is 6.14. The molecule has 0 saturated heterocycles. The van der Waals surface area contributed by atoms with Crippen molar-refractivity contribution in [3.8, 4) is 0 Å². The van der Waals surface area contributed by atoms with Gasteiger partial charge in [0.05, 0.1) is 9.82 Å². The van der Waals surface area contributed by atoms with Gasteiger partial charge in [0.1, 0.15) is 11.3 Å². The molecule has 3 aromatic rings. The van der Waals surface area contributed by atoms with Crippen LogP contribution in [0.25, 0.3) is 0 Å². The zero-order valence-corrected chi connectivity index (χ0v) is 17.5. The number of hydrogen-bond donors (Lipinski definition) is 3. The Labute approximate surface area is 181 Å². The molecule has 0 aliphatic carbocycles. The van der Waals surface area contributed by atoms with E-state index >= 15 is 0 Å². The summed E-state index contributed by atoms with van der Waals surface area (Å²) in [7, 11) is -3.88. The summed E-state index contributed by atoms with van der Waals surface area (Å²) in [5, 5.41) is 19.6. The van der Waals surface area contributed by atoms with Crippen molar-refractivity contribution in [2.45, 2.75) is 11.8 Å². The van der Waals surface area contributed by atoms with E-state index in [1.807, 2.05) is 0 Å². The van der Waals surface area contributed by atoms with E-state index in [0.717, 1.165) is 0 Å². The summed E-state index contributed by atoms with van der Waals surface area (Å²) < 4.78 is 31.9. The molecular weight excluding hydrogens is 446 g/mol. The van der Waals surface area contributed by atoms with Crippen LogP contribution in [-0.4, -0.2) is 29.5 Å². The number of nitro groups is 1. The number of nitrogens with zero attached hydrogens (tertiary/aromatic N) is 2. The number of aromatic nitrogens is 1. The smallest absolute Gasteiger partial charge is 0.282 e. The Balaban J connectivity index is 1.65. The van der Waals surface area contributed by atoms with Gasteiger partial charge in [-0.25, -0.2) is 8.42 Å². The summed E-state index contributed by atoms with van der Waals surface area (Å²) >= 11 is 5.05. The van der Waals surface area contributed by atoms with Gasteiger partial charge in [-0.15, -0.1) is 0 Å². The van der Waals surface area contributed by atoms with Gasteiger partial charge in [-0.05, 0) is 49.5 Å². The summed E-state index contributed by atoms with van der Waals surface area (Å²) in [6, 6.07) is 12.4. The number of nitro benzene ring substituents is 1. The van der Waals surface area contributed by atoms with E-state index in [2.05, 4.69) is 20.5 Å². The fourth-order valence-electron chi connectivity index (χ4n) is 2.49. The Morgan fingerprint density at radius 3 is 2.45 bits per heavy atom. The minimum Gasteiger partial charge on any atom is -0.360 e. The minimum atomic E-state index is -3.88. The van der Waals surface area contributed by atoms with Crippen LogP contribution in [0.1, 0.15) is 16.1 Å². The molecule has 0 bridgehead atoms. The number of thiocarbonyl (C=S) groups is 1. The van der Waals surface area contributed by atoms with E-state index in [1.165, 1.54) is 54.6 Å². The molecule has 0 aliphatic heterocycles. The summed E-state index contributed by atoms with van der Waals surface area (Å²) in [6.07, 6.45) is 0. The summed E-state index contributed by atoms with van der Waals surface area (Å²) in [4.78, 5) is 22.6. The van der Waals surface area contributed by atoms with Crippen LogP contribution >= 0.6 is 12.2 Å². The molecule has 2 aromatic carbocycles. The first-order valence-electron chi connectivity index (χ1n) is 8.57. The second-order valence-corrected chi connectivity index (χ2v) is 8.23. The van der Waals surface area contributed by atoms with Crippen molar-refractivity contribution in [1.82, 2.24) is 10.5 Å². The molecule has 31 heavy (non-hydrogen) atoms. The largest absolute Gasteiger partial charge is 0.360 e. The number of benzene rings is 2. The minimum absolute atomic E-state index is 0.0337. The lowest BCUT2D eigenvalue weighted by atomic mass is 10.1. The number of hydrogen-bond acceptors (Lipinski definition) is 8. The molecule has 0 spiro atoms. The Kier molecular flexibility index (Phi) is 6.27. The lowest BCUT2D eigenvalue weighted by molar-refractivity contribution is -0.385. The number of anilines is 2. The Hall–Kier alpha value is -3.84. The number of rotatable bonds is 6. The maximum absolute atomic E-state index is 12.4. The van der Waals surface area contributed by atoms with Gasteiger partial charge in [0, 0.05) is 17.8 Å². The van der Waals surface area contributed by atoms with Crippen LogP contribution in [0.15, 0.2) is 64.0 Å². The van der Waals surface area contributed by atoms with Gasteiger partial charge in [-0.1, -0.05) is 17.3 Å². The molecule has 0 radical (unpaired) electrons. The van der Waals surface area contributed by atoms with Gasteiger partial charge >= 0.3 is 0 Å². The van der Waals surface area contributed by atoms with Crippen molar-refractivity contribution < 1.29 is 22.7 Å². The van der Waals surface area contributed by atoms with Gasteiger partial charge in [0.15, 0.2) is 10.9 Å². The first-order valence-corrected chi connectivity index (χ1v) is 10.5. The van der Waals surface area contributed by atoms with Gasteiger partial charge < -0.3 is 9.84 Å². The molecule has 3 N–H and O–H groups in total. The van der Waals surface area contributed by atoms with Crippen molar-refractivity contribution in [2.24, 2.45) is 0 Å². The number of carbonyl (C=O) groups excluding carboxylic acids is 1. The molecule has 1 aromatic heterocycles. The van der Waals surface area contributed by atoms with Crippen molar-refractivity contribution in [1.29, 1.82) is 0 Å². The Bertz CT molecular complexity index is 1250. The van der Waals surface area contributed by atoms with E-state index in [0.29, 0.717) is 11.4 Å². The van der Waals surface area contributed by atoms with Gasteiger partial charge in [-0.3, -0.25) is 24.9 Å². The number of aryl methyl sites for hydroxylation is 1. The third-order valence-corrected chi connectivity index (χ3v) is 5.44. The van der Waals surface area contributed by atoms with E-state index in [-0.39, 0.29) is 27.1 Å². The fraction of sp³-hybridized carbons (Fsp3) is 0.0556. The molecule has 11 nitrogen and oxygen atoms in total. The maximum atomic E-state index is 12.4. The van der Waals surface area contributed by atoms with Crippen molar-refractivity contribution in [2.75, 3.05) is 10.0 Å². The highest BCUT2D eigenvalue weighted by Gasteiger charge is 2.20. The average molecular weight is 461 g/mol. The second kappa shape index (κ2) is 8.89. The van der Waals surface area contributed by atoms with Crippen LogP contribution in [0.3, 0.4) is 0 Å². The maximum Gasteiger partial charge on any atom is 0.282 e. The van der Waals surface area contributed by atoms with Crippen LogP contribution in [0, 0.1) is 17.0 Å². The zero-order valence-electron chi connectivity index (χ0n) is 15.9. The van der Waals surface area contributed by atoms with Crippen molar-refractivity contribution in [3.05, 3.63) is 76.0 Å². The van der Waals surface area contributed by atoms with E-state index in [9.17, 15) is 23.3 Å². The highest BCUT2D eigenvalue weighted by Crippen LogP contribution is 2.19. The number of amides is 1. The zero-order chi connectivity index (χ0) is 22.6. The van der Waals surface area contributed by atoms with Crippen LogP contribution in [0.4, 0.5) is 17.2 Å². The fourth-order valence-corrected chi connectivity index (χ4v) is 3.68. The van der Waals surface area contributed by atoms with Gasteiger partial charge in [0.2, 0.25) is 0 Å². The number of para-hydroxylation sites is 1. The molecule has 0 saturated carbocycles. The first kappa shape index (κ1) is 21.9. The topological polar surface area (TPSA) is 156 Å². The third-order valence-electron chi connectivity index (χ3n) is 3.86. The first-order chi connectivity index (χ1) is 14.7. The summed E-state index contributed by atoms with van der Waals surface area (Å²) in [5.41, 5.74) is -0.108. The third kappa shape index (κ3) is 5.40. The quantitative estimate of drug-likeness (QED) is 0.285. The van der Waals surface area contributed by atoms with Gasteiger partial charge in [0.25, 0.3) is 21.6 Å². The van der Waals surface area contributed by atoms with Crippen LogP contribution in [0.2, 0.25) is 0 Å². The SMILES string of the molecule is Cc1cc(NS(=O)(=O)c2ccc(NC(=S)NC(=O)c3ccccc3[N+](=O)[O-])cc2)no1. The molecular formula is C18H15N5O6S2. The lowest BCUT2D eigenvalue weighted by Gasteiger charge is -2.11. The predicted molar refractivity (Wildman–Crippen MR) is 115 cm³/mol. The molecule has 3 rings (SSSR count). The molecule has 1 amide bonds. The average Bonchev–Trinajstić information content (AvgIpc) is 3.12. The Morgan fingerprint density at radius 2 is 1.84 bits per heavy atom. The van der Waals surface area contributed by atoms with Gasteiger partial charge in [-0.2, -0.15) is 0 Å². The lowest BCUT2D eigenvalue weighted by Crippen LogP contribution is -2.34. The molecule has 1 heterocycles. The summed E-state index contributed by atoms with van der Waals surface area (Å²) in [5.74, 6) is -0.247. The standard InChI is InChI=1S/C18H15N5O6S2/c1-11-10-16(21-29-11)22-31(27,28)13-8-6-12(7-9-13)19-18(30)20-17(24)14-4-2-3-5-15(14)23(25)26/h2-10H,1H3,(H,21,22)(H2,19,20,24,30). The molecule has 0 fully saturated rings. The highest BCUT2D eigenvalue weighted by atomic mass is 32.2. The van der Waals surface area contributed by atoms with Crippen molar-refractivity contribution in [3.63, 3.8) is 0 Å². The molecule has 160 valence electrons. The molecule has 0 aliphatic rings. The normalized spacial score (nSPS) is 10.9. The predicted octanol–water partition coefficient (Wildman–Crippen LogP) is 2.82. The van der Waals surface area contributed by atoms with E-state index in [1.54, 1.807) is 6.92 Å². The number of nitrogens with one attached hydrogen (secondary N) is 3.